The average Bonchev–Trinajstić information content (AvgIpc) is 3.34. The summed E-state index contributed by atoms with van der Waals surface area (Å²) in [7, 11) is 0. The van der Waals surface area contributed by atoms with Crippen LogP contribution in [0.5, 0.6) is 0 Å². The number of morpholine rings is 1. The molecule has 3 aliphatic rings. The lowest BCUT2D eigenvalue weighted by Gasteiger charge is -2.41. The number of carbonyl (C=O) groups is 1. The molecule has 0 radical (unpaired) electrons. The zero-order chi connectivity index (χ0) is 18.3. The molecule has 5 rings (SSSR count). The van der Waals surface area contributed by atoms with Crippen LogP contribution in [0.1, 0.15) is 23.4 Å². The van der Waals surface area contributed by atoms with Gasteiger partial charge in [-0.1, -0.05) is 0 Å². The van der Waals surface area contributed by atoms with Gasteiger partial charge < -0.3 is 15.0 Å². The Labute approximate surface area is 175 Å². The number of aryl methyl sites for hydroxylation is 1. The second-order valence-electron chi connectivity index (χ2n) is 7.78. The second kappa shape index (κ2) is 8.06. The number of nitrogens with zero attached hydrogens (tertiary/aromatic N) is 3. The molecule has 1 spiro atoms. The second-order valence-corrected chi connectivity index (χ2v) is 8.87. The molecule has 150 valence electrons. The van der Waals surface area contributed by atoms with Gasteiger partial charge in [0.1, 0.15) is 5.01 Å². The summed E-state index contributed by atoms with van der Waals surface area (Å²) in [6.45, 7) is 3.91. The standard InChI is InChI=1S/C20H24N4O2S.ClH/c25-19(24-9-10-26-20(13-24)5-8-22-12-20)15-1-2-17-16(11-15)23-18(27-17)14-3-6-21-7-4-14;/h3-4,6-7,15,22H,1-2,5,8-13H2;1H. The molecule has 28 heavy (non-hydrogen) atoms. The summed E-state index contributed by atoms with van der Waals surface area (Å²) in [5.74, 6) is 0.336. The van der Waals surface area contributed by atoms with Crippen LogP contribution in [-0.2, 0) is 22.4 Å². The number of carbonyl (C=O) groups excluding carboxylic acids is 1. The molecule has 2 unspecified atom stereocenters. The van der Waals surface area contributed by atoms with Gasteiger partial charge in [-0.25, -0.2) is 4.98 Å². The van der Waals surface area contributed by atoms with E-state index in [0.29, 0.717) is 13.2 Å². The van der Waals surface area contributed by atoms with Gasteiger partial charge in [-0.2, -0.15) is 0 Å². The van der Waals surface area contributed by atoms with E-state index in [2.05, 4.69) is 10.3 Å². The molecule has 2 aromatic rings. The Morgan fingerprint density at radius 3 is 3.00 bits per heavy atom. The number of fused-ring (bicyclic) bond motifs is 1. The van der Waals surface area contributed by atoms with Crippen molar-refractivity contribution >= 4 is 29.7 Å². The first kappa shape index (κ1) is 19.8. The molecule has 0 aromatic carbocycles. The molecule has 0 saturated carbocycles. The zero-order valence-electron chi connectivity index (χ0n) is 15.7. The van der Waals surface area contributed by atoms with Gasteiger partial charge in [0.2, 0.25) is 5.91 Å². The van der Waals surface area contributed by atoms with Gasteiger partial charge in [0.05, 0.1) is 24.4 Å². The summed E-state index contributed by atoms with van der Waals surface area (Å²) >= 11 is 1.76. The molecule has 2 saturated heterocycles. The highest BCUT2D eigenvalue weighted by Crippen LogP contribution is 2.35. The van der Waals surface area contributed by atoms with Crippen LogP contribution in [0.25, 0.3) is 10.6 Å². The topological polar surface area (TPSA) is 67.4 Å². The van der Waals surface area contributed by atoms with Crippen molar-refractivity contribution in [2.45, 2.75) is 31.3 Å². The van der Waals surface area contributed by atoms with Crippen molar-refractivity contribution in [2.24, 2.45) is 5.92 Å². The molecule has 6 nitrogen and oxygen atoms in total. The van der Waals surface area contributed by atoms with E-state index < -0.39 is 0 Å². The number of nitrogens with one attached hydrogen (secondary N) is 1. The highest BCUT2D eigenvalue weighted by molar-refractivity contribution is 7.15. The molecule has 1 aliphatic carbocycles. The van der Waals surface area contributed by atoms with Crippen LogP contribution < -0.4 is 5.32 Å². The third kappa shape index (κ3) is 3.68. The smallest absolute Gasteiger partial charge is 0.226 e. The van der Waals surface area contributed by atoms with Crippen LogP contribution >= 0.6 is 23.7 Å². The van der Waals surface area contributed by atoms with Crippen molar-refractivity contribution in [1.82, 2.24) is 20.2 Å². The Balaban J connectivity index is 0.00000192. The van der Waals surface area contributed by atoms with E-state index >= 15 is 0 Å². The number of rotatable bonds is 2. The summed E-state index contributed by atoms with van der Waals surface area (Å²) in [4.78, 5) is 25.5. The Morgan fingerprint density at radius 1 is 1.36 bits per heavy atom. The van der Waals surface area contributed by atoms with Crippen LogP contribution in [0.4, 0.5) is 0 Å². The van der Waals surface area contributed by atoms with Gasteiger partial charge in [-0.05, 0) is 37.9 Å². The number of pyridine rings is 1. The van der Waals surface area contributed by atoms with Gasteiger partial charge in [-0.15, -0.1) is 23.7 Å². The molecular weight excluding hydrogens is 396 g/mol. The molecule has 2 atom stereocenters. The lowest BCUT2D eigenvalue weighted by molar-refractivity contribution is -0.152. The SMILES string of the molecule is Cl.O=C(C1CCc2sc(-c3ccncc3)nc2C1)N1CCOC2(CCNC2)C1. The fraction of sp³-hybridized carbons (Fsp3) is 0.550. The van der Waals surface area contributed by atoms with Gasteiger partial charge in [-0.3, -0.25) is 9.78 Å². The number of aromatic nitrogens is 2. The summed E-state index contributed by atoms with van der Waals surface area (Å²) in [5.41, 5.74) is 2.06. The molecule has 2 aliphatic heterocycles. The number of amides is 1. The number of ether oxygens (including phenoxy) is 1. The van der Waals surface area contributed by atoms with E-state index in [9.17, 15) is 4.79 Å². The first-order chi connectivity index (χ1) is 13.2. The predicted molar refractivity (Wildman–Crippen MR) is 111 cm³/mol. The maximum absolute atomic E-state index is 13.2. The number of halogens is 1. The first-order valence-electron chi connectivity index (χ1n) is 9.75. The Bertz CT molecular complexity index is 838. The van der Waals surface area contributed by atoms with Crippen molar-refractivity contribution in [3.05, 3.63) is 35.1 Å². The Hall–Kier alpha value is -1.54. The van der Waals surface area contributed by atoms with E-state index in [-0.39, 0.29) is 29.8 Å². The van der Waals surface area contributed by atoms with Crippen molar-refractivity contribution in [2.75, 3.05) is 32.8 Å². The van der Waals surface area contributed by atoms with Crippen molar-refractivity contribution in [3.63, 3.8) is 0 Å². The van der Waals surface area contributed by atoms with Crippen molar-refractivity contribution < 1.29 is 9.53 Å². The summed E-state index contributed by atoms with van der Waals surface area (Å²) in [5, 5.41) is 4.42. The Kier molecular flexibility index (Phi) is 5.69. The van der Waals surface area contributed by atoms with Crippen molar-refractivity contribution in [1.29, 1.82) is 0 Å². The third-order valence-corrected chi connectivity index (χ3v) is 7.19. The molecule has 4 heterocycles. The minimum absolute atomic E-state index is 0. The minimum atomic E-state index is -0.164. The van der Waals surface area contributed by atoms with Gasteiger partial charge in [0.15, 0.2) is 0 Å². The number of thiazole rings is 1. The van der Waals surface area contributed by atoms with Crippen LogP contribution in [0.2, 0.25) is 0 Å². The van der Waals surface area contributed by atoms with E-state index in [0.717, 1.165) is 61.6 Å². The van der Waals surface area contributed by atoms with Crippen molar-refractivity contribution in [3.8, 4) is 10.6 Å². The monoisotopic (exact) mass is 420 g/mol. The van der Waals surface area contributed by atoms with Gasteiger partial charge in [0.25, 0.3) is 0 Å². The van der Waals surface area contributed by atoms with Gasteiger partial charge >= 0.3 is 0 Å². The van der Waals surface area contributed by atoms with Crippen LogP contribution in [0.3, 0.4) is 0 Å². The highest BCUT2D eigenvalue weighted by atomic mass is 35.5. The molecule has 2 fully saturated rings. The Morgan fingerprint density at radius 2 is 2.21 bits per heavy atom. The average molecular weight is 421 g/mol. The number of hydrogen-bond acceptors (Lipinski definition) is 6. The van der Waals surface area contributed by atoms with Crippen LogP contribution in [0, 0.1) is 5.92 Å². The lowest BCUT2D eigenvalue weighted by Crippen LogP contribution is -2.56. The van der Waals surface area contributed by atoms with E-state index in [4.69, 9.17) is 9.72 Å². The largest absolute Gasteiger partial charge is 0.370 e. The summed E-state index contributed by atoms with van der Waals surface area (Å²) in [6, 6.07) is 3.99. The molecule has 2 aromatic heterocycles. The predicted octanol–water partition coefficient (Wildman–Crippen LogP) is 2.32. The zero-order valence-corrected chi connectivity index (χ0v) is 17.4. The minimum Gasteiger partial charge on any atom is -0.370 e. The fourth-order valence-corrected chi connectivity index (χ4v) is 5.59. The molecule has 1 N–H and O–H groups in total. The fourth-order valence-electron chi connectivity index (χ4n) is 4.48. The van der Waals surface area contributed by atoms with E-state index in [1.54, 1.807) is 23.7 Å². The summed E-state index contributed by atoms with van der Waals surface area (Å²) in [6.07, 6.45) is 7.23. The summed E-state index contributed by atoms with van der Waals surface area (Å²) < 4.78 is 6.03. The molecule has 8 heteroatoms. The number of hydrogen-bond donors (Lipinski definition) is 1. The van der Waals surface area contributed by atoms with E-state index in [1.165, 1.54) is 4.88 Å². The third-order valence-electron chi connectivity index (χ3n) is 5.98. The van der Waals surface area contributed by atoms with Gasteiger partial charge in [0, 0.05) is 48.3 Å². The lowest BCUT2D eigenvalue weighted by atomic mass is 9.89. The normalized spacial score (nSPS) is 26.7. The molecular formula is C20H25ClN4O2S. The molecule has 1 amide bonds. The molecule has 0 bridgehead atoms. The van der Waals surface area contributed by atoms with Crippen LogP contribution in [-0.4, -0.2) is 59.2 Å². The highest BCUT2D eigenvalue weighted by Gasteiger charge is 2.42. The van der Waals surface area contributed by atoms with Crippen LogP contribution in [0.15, 0.2) is 24.5 Å². The van der Waals surface area contributed by atoms with E-state index in [1.807, 2.05) is 17.0 Å². The maximum atomic E-state index is 13.2. The first-order valence-corrected chi connectivity index (χ1v) is 10.6. The maximum Gasteiger partial charge on any atom is 0.226 e. The quantitative estimate of drug-likeness (QED) is 0.807.